The van der Waals surface area contributed by atoms with Crippen LogP contribution in [0.2, 0.25) is 0 Å². The van der Waals surface area contributed by atoms with Crippen molar-refractivity contribution < 1.29 is 18.0 Å². The minimum atomic E-state index is -4.71. The van der Waals surface area contributed by atoms with Gasteiger partial charge < -0.3 is 0 Å². The molecule has 1 heterocycles. The van der Waals surface area contributed by atoms with Gasteiger partial charge in [0.25, 0.3) is 0 Å². The Labute approximate surface area is 86.8 Å². The van der Waals surface area contributed by atoms with E-state index in [-0.39, 0.29) is 0 Å². The molecule has 1 aromatic heterocycles. The molecule has 0 saturated heterocycles. The quantitative estimate of drug-likeness (QED) is 0.344. The van der Waals surface area contributed by atoms with E-state index >= 15 is 0 Å². The van der Waals surface area contributed by atoms with E-state index in [1.165, 1.54) is 0 Å². The number of hydrogen-bond donors (Lipinski definition) is 0. The second-order valence-electron chi connectivity index (χ2n) is 2.58. The summed E-state index contributed by atoms with van der Waals surface area (Å²) >= 11 is 0. The molecule has 0 fully saturated rings. The fraction of sp³-hybridized carbons (Fsp3) is 0.286. The summed E-state index contributed by atoms with van der Waals surface area (Å²) in [5.41, 5.74) is 7.50. The van der Waals surface area contributed by atoms with Crippen LogP contribution < -0.4 is 0 Å². The lowest BCUT2D eigenvalue weighted by atomic mass is 10.3. The summed E-state index contributed by atoms with van der Waals surface area (Å²) in [4.78, 5) is 19.5. The van der Waals surface area contributed by atoms with Crippen molar-refractivity contribution in [2.45, 2.75) is 6.18 Å². The van der Waals surface area contributed by atoms with Crippen molar-refractivity contribution in [3.05, 3.63) is 34.2 Å². The van der Waals surface area contributed by atoms with Gasteiger partial charge in [-0.2, -0.15) is 13.2 Å². The molecule has 0 spiro atoms. The van der Waals surface area contributed by atoms with Crippen molar-refractivity contribution in [3.63, 3.8) is 0 Å². The molecule has 0 aliphatic carbocycles. The second-order valence-corrected chi connectivity index (χ2v) is 2.58. The lowest BCUT2D eigenvalue weighted by molar-refractivity contribution is -0.145. The van der Waals surface area contributed by atoms with Crippen LogP contribution in [0.4, 0.5) is 13.2 Å². The van der Waals surface area contributed by atoms with Crippen molar-refractivity contribution >= 4 is 5.78 Å². The van der Waals surface area contributed by atoms with Crippen molar-refractivity contribution in [2.75, 3.05) is 6.54 Å². The van der Waals surface area contributed by atoms with Gasteiger partial charge in [0, 0.05) is 11.1 Å². The maximum absolute atomic E-state index is 12.2. The summed E-state index contributed by atoms with van der Waals surface area (Å²) < 4.78 is 36.5. The maximum Gasteiger partial charge on any atom is 0.451 e. The first-order chi connectivity index (χ1) is 7.45. The summed E-state index contributed by atoms with van der Waals surface area (Å²) in [7, 11) is 0. The SMILES string of the molecule is [N-]=[N+]=NCC(=O)c1ccnc(C(F)(F)F)n1. The number of rotatable bonds is 3. The smallest absolute Gasteiger partial charge is 0.292 e. The molecular formula is C7H4F3N5O. The van der Waals surface area contributed by atoms with Gasteiger partial charge in [-0.1, -0.05) is 5.11 Å². The summed E-state index contributed by atoms with van der Waals surface area (Å²) in [5, 5.41) is 2.93. The van der Waals surface area contributed by atoms with Crippen LogP contribution in [0.5, 0.6) is 0 Å². The fourth-order valence-electron chi connectivity index (χ4n) is 0.827. The van der Waals surface area contributed by atoms with Crippen molar-refractivity contribution in [1.82, 2.24) is 9.97 Å². The van der Waals surface area contributed by atoms with E-state index in [2.05, 4.69) is 20.0 Å². The molecule has 0 radical (unpaired) electrons. The normalized spacial score (nSPS) is 10.7. The van der Waals surface area contributed by atoms with Gasteiger partial charge in [-0.3, -0.25) is 4.79 Å². The first-order valence-corrected chi connectivity index (χ1v) is 3.89. The fourth-order valence-corrected chi connectivity index (χ4v) is 0.827. The highest BCUT2D eigenvalue weighted by molar-refractivity contribution is 5.95. The number of azide groups is 1. The van der Waals surface area contributed by atoms with Gasteiger partial charge in [-0.05, 0) is 11.6 Å². The van der Waals surface area contributed by atoms with Crippen LogP contribution in [0, 0.1) is 0 Å². The van der Waals surface area contributed by atoms with Gasteiger partial charge in [0.05, 0.1) is 6.54 Å². The van der Waals surface area contributed by atoms with Crippen LogP contribution in [-0.4, -0.2) is 22.3 Å². The third kappa shape index (κ3) is 2.92. The van der Waals surface area contributed by atoms with Gasteiger partial charge in [-0.25, -0.2) is 9.97 Å². The molecule has 0 saturated carbocycles. The summed E-state index contributed by atoms with van der Waals surface area (Å²) in [5.74, 6) is -2.20. The lowest BCUT2D eigenvalue weighted by Gasteiger charge is -2.04. The number of alkyl halides is 3. The van der Waals surface area contributed by atoms with Crippen LogP contribution in [-0.2, 0) is 6.18 Å². The molecule has 16 heavy (non-hydrogen) atoms. The van der Waals surface area contributed by atoms with E-state index in [1.54, 1.807) is 0 Å². The van der Waals surface area contributed by atoms with Gasteiger partial charge in [-0.15, -0.1) is 0 Å². The number of carbonyl (C=O) groups is 1. The van der Waals surface area contributed by atoms with E-state index in [9.17, 15) is 18.0 Å². The molecule has 0 amide bonds. The standard InChI is InChI=1S/C7H4F3N5O/c8-7(9,10)6-12-2-1-4(14-6)5(16)3-13-15-11/h1-2H,3H2. The van der Waals surface area contributed by atoms with Crippen molar-refractivity contribution in [2.24, 2.45) is 5.11 Å². The van der Waals surface area contributed by atoms with Crippen LogP contribution >= 0.6 is 0 Å². The Morgan fingerprint density at radius 1 is 1.56 bits per heavy atom. The predicted molar refractivity (Wildman–Crippen MR) is 45.4 cm³/mol. The third-order valence-corrected chi connectivity index (χ3v) is 1.47. The molecule has 84 valence electrons. The molecule has 1 aromatic rings. The monoisotopic (exact) mass is 231 g/mol. The average molecular weight is 231 g/mol. The Hall–Kier alpha value is -2.15. The van der Waals surface area contributed by atoms with E-state index in [0.29, 0.717) is 0 Å². The third-order valence-electron chi connectivity index (χ3n) is 1.47. The predicted octanol–water partition coefficient (Wildman–Crippen LogP) is 1.99. The molecular weight excluding hydrogens is 227 g/mol. The van der Waals surface area contributed by atoms with Crippen LogP contribution in [0.15, 0.2) is 17.4 Å². The molecule has 6 nitrogen and oxygen atoms in total. The highest BCUT2D eigenvalue weighted by Crippen LogP contribution is 2.25. The molecule has 0 aliphatic heterocycles. The number of ketones is 1. The Balaban J connectivity index is 2.99. The molecule has 0 bridgehead atoms. The van der Waals surface area contributed by atoms with Crippen LogP contribution in [0.3, 0.4) is 0 Å². The van der Waals surface area contributed by atoms with Crippen molar-refractivity contribution in [1.29, 1.82) is 0 Å². The number of halogens is 3. The zero-order valence-electron chi connectivity index (χ0n) is 7.64. The topological polar surface area (TPSA) is 91.6 Å². The zero-order valence-corrected chi connectivity index (χ0v) is 7.64. The van der Waals surface area contributed by atoms with Crippen LogP contribution in [0.25, 0.3) is 10.4 Å². The number of aromatic nitrogens is 2. The number of Topliss-reactive ketones (excluding diaryl/α,β-unsaturated/α-hetero) is 1. The number of hydrogen-bond acceptors (Lipinski definition) is 4. The second kappa shape index (κ2) is 4.58. The number of nitrogens with zero attached hydrogens (tertiary/aromatic N) is 5. The largest absolute Gasteiger partial charge is 0.451 e. The highest BCUT2D eigenvalue weighted by Gasteiger charge is 2.34. The summed E-state index contributed by atoms with van der Waals surface area (Å²) in [6.07, 6.45) is -3.89. The zero-order chi connectivity index (χ0) is 12.2. The molecule has 0 aromatic carbocycles. The molecule has 0 N–H and O–H groups in total. The number of carbonyl (C=O) groups excluding carboxylic acids is 1. The van der Waals surface area contributed by atoms with E-state index in [1.807, 2.05) is 0 Å². The van der Waals surface area contributed by atoms with E-state index in [0.717, 1.165) is 12.3 Å². The van der Waals surface area contributed by atoms with Gasteiger partial charge >= 0.3 is 6.18 Å². The van der Waals surface area contributed by atoms with E-state index < -0.39 is 30.0 Å². The van der Waals surface area contributed by atoms with Crippen LogP contribution in [0.1, 0.15) is 16.3 Å². The minimum absolute atomic E-state index is 0.435. The molecule has 1 rings (SSSR count). The minimum Gasteiger partial charge on any atom is -0.292 e. The van der Waals surface area contributed by atoms with Gasteiger partial charge in [0.2, 0.25) is 5.82 Å². The van der Waals surface area contributed by atoms with Gasteiger partial charge in [0.15, 0.2) is 5.78 Å². The first-order valence-electron chi connectivity index (χ1n) is 3.89. The van der Waals surface area contributed by atoms with Gasteiger partial charge in [0.1, 0.15) is 5.69 Å². The molecule has 0 aliphatic rings. The Kier molecular flexibility index (Phi) is 3.41. The van der Waals surface area contributed by atoms with Crippen molar-refractivity contribution in [3.8, 4) is 0 Å². The molecule has 0 atom stereocenters. The Morgan fingerprint density at radius 2 is 2.25 bits per heavy atom. The molecule has 9 heteroatoms. The Morgan fingerprint density at radius 3 is 2.81 bits per heavy atom. The summed E-state index contributed by atoms with van der Waals surface area (Å²) in [6, 6.07) is 1.02. The average Bonchev–Trinajstić information content (AvgIpc) is 2.25. The molecule has 0 unspecified atom stereocenters. The highest BCUT2D eigenvalue weighted by atomic mass is 19.4. The maximum atomic E-state index is 12.2. The lowest BCUT2D eigenvalue weighted by Crippen LogP contribution is -2.15. The van der Waals surface area contributed by atoms with E-state index in [4.69, 9.17) is 5.53 Å². The Bertz CT molecular complexity index is 452. The first kappa shape index (κ1) is 11.9. The summed E-state index contributed by atoms with van der Waals surface area (Å²) in [6.45, 7) is -0.579.